The van der Waals surface area contributed by atoms with E-state index in [1.165, 1.54) is 0 Å². The van der Waals surface area contributed by atoms with E-state index in [4.69, 9.17) is 0 Å². The van der Waals surface area contributed by atoms with Crippen LogP contribution in [0.1, 0.15) is 5.56 Å². The van der Waals surface area contributed by atoms with Gasteiger partial charge in [0.25, 0.3) is 0 Å². The predicted octanol–water partition coefficient (Wildman–Crippen LogP) is 2.04. The van der Waals surface area contributed by atoms with Gasteiger partial charge in [-0.05, 0) is 6.07 Å². The second-order valence-electron chi connectivity index (χ2n) is 3.25. The summed E-state index contributed by atoms with van der Waals surface area (Å²) in [5.74, 6) is 0. The molecular formula is C11H9N3. The summed E-state index contributed by atoms with van der Waals surface area (Å²) in [7, 11) is 0. The lowest BCUT2D eigenvalue weighted by atomic mass is 10.1. The third-order valence-corrected chi connectivity index (χ3v) is 2.38. The Morgan fingerprint density at radius 3 is 3.21 bits per heavy atom. The molecule has 0 unspecified atom stereocenters. The summed E-state index contributed by atoms with van der Waals surface area (Å²) in [4.78, 5) is 8.53. The van der Waals surface area contributed by atoms with E-state index in [0.717, 1.165) is 22.2 Å². The van der Waals surface area contributed by atoms with Crippen LogP contribution in [0.15, 0.2) is 35.5 Å². The standard InChI is InChI=1S/C11H9N3/c1-2-8-3-4-9-6-12-7-14-11(9)10(8)13-5-1/h1-6,14H,7H2. The fourth-order valence-electron chi connectivity index (χ4n) is 1.72. The average molecular weight is 183 g/mol. The van der Waals surface area contributed by atoms with Gasteiger partial charge in [-0.25, -0.2) is 0 Å². The van der Waals surface area contributed by atoms with E-state index < -0.39 is 0 Å². The molecule has 3 nitrogen and oxygen atoms in total. The first-order valence-corrected chi connectivity index (χ1v) is 4.56. The van der Waals surface area contributed by atoms with Crippen molar-refractivity contribution in [2.75, 3.05) is 12.0 Å². The Morgan fingerprint density at radius 1 is 1.21 bits per heavy atom. The van der Waals surface area contributed by atoms with E-state index in [1.807, 2.05) is 18.5 Å². The van der Waals surface area contributed by atoms with Crippen LogP contribution in [0.25, 0.3) is 10.9 Å². The molecule has 0 saturated carbocycles. The van der Waals surface area contributed by atoms with Crippen LogP contribution in [0.4, 0.5) is 5.69 Å². The van der Waals surface area contributed by atoms with Crippen LogP contribution in [-0.4, -0.2) is 17.9 Å². The molecule has 1 aliphatic heterocycles. The normalized spacial score (nSPS) is 13.7. The molecule has 1 aromatic heterocycles. The molecule has 2 heterocycles. The minimum Gasteiger partial charge on any atom is -0.364 e. The van der Waals surface area contributed by atoms with Crippen molar-refractivity contribution in [3.05, 3.63) is 36.0 Å². The second kappa shape index (κ2) is 2.80. The molecule has 0 atom stereocenters. The van der Waals surface area contributed by atoms with Gasteiger partial charge in [-0.3, -0.25) is 9.98 Å². The molecule has 2 aromatic rings. The van der Waals surface area contributed by atoms with Gasteiger partial charge < -0.3 is 5.32 Å². The zero-order valence-corrected chi connectivity index (χ0v) is 7.57. The number of fused-ring (bicyclic) bond motifs is 3. The molecular weight excluding hydrogens is 174 g/mol. The number of anilines is 1. The van der Waals surface area contributed by atoms with Gasteiger partial charge in [-0.2, -0.15) is 0 Å². The van der Waals surface area contributed by atoms with E-state index >= 15 is 0 Å². The quantitative estimate of drug-likeness (QED) is 0.678. The molecule has 0 amide bonds. The monoisotopic (exact) mass is 183 g/mol. The summed E-state index contributed by atoms with van der Waals surface area (Å²) < 4.78 is 0. The molecule has 0 saturated heterocycles. The fraction of sp³-hybridized carbons (Fsp3) is 0.0909. The molecule has 14 heavy (non-hydrogen) atoms. The number of hydrogen-bond donors (Lipinski definition) is 1. The minimum atomic E-state index is 0.642. The Bertz CT molecular complexity index is 517. The molecule has 1 aliphatic rings. The molecule has 0 radical (unpaired) electrons. The van der Waals surface area contributed by atoms with Crippen LogP contribution < -0.4 is 5.32 Å². The van der Waals surface area contributed by atoms with E-state index in [9.17, 15) is 0 Å². The molecule has 68 valence electrons. The summed E-state index contributed by atoms with van der Waals surface area (Å²) in [6.07, 6.45) is 3.70. The molecule has 0 spiro atoms. The third-order valence-electron chi connectivity index (χ3n) is 2.38. The van der Waals surface area contributed by atoms with Gasteiger partial charge in [0.05, 0.1) is 11.2 Å². The Balaban J connectivity index is 2.41. The Kier molecular flexibility index (Phi) is 1.50. The van der Waals surface area contributed by atoms with E-state index in [0.29, 0.717) is 6.67 Å². The highest BCUT2D eigenvalue weighted by molar-refractivity contribution is 6.02. The van der Waals surface area contributed by atoms with Gasteiger partial charge >= 0.3 is 0 Å². The number of nitrogens with one attached hydrogen (secondary N) is 1. The summed E-state index contributed by atoms with van der Waals surface area (Å²) in [6, 6.07) is 8.15. The lowest BCUT2D eigenvalue weighted by molar-refractivity contribution is 1.13. The SMILES string of the molecule is C1=NCNc2c1ccc1cccnc21. The number of aliphatic imine (C=N–C) groups is 1. The Hall–Kier alpha value is -1.90. The zero-order valence-electron chi connectivity index (χ0n) is 7.57. The minimum absolute atomic E-state index is 0.642. The van der Waals surface area contributed by atoms with Crippen LogP contribution >= 0.6 is 0 Å². The fourth-order valence-corrected chi connectivity index (χ4v) is 1.72. The summed E-state index contributed by atoms with van der Waals surface area (Å²) in [6.45, 7) is 0.642. The lowest BCUT2D eigenvalue weighted by Crippen LogP contribution is -2.08. The van der Waals surface area contributed by atoms with Gasteiger partial charge in [-0.1, -0.05) is 18.2 Å². The number of aromatic nitrogens is 1. The van der Waals surface area contributed by atoms with Crippen molar-refractivity contribution < 1.29 is 0 Å². The van der Waals surface area contributed by atoms with Gasteiger partial charge in [0, 0.05) is 23.4 Å². The molecule has 3 rings (SSSR count). The topological polar surface area (TPSA) is 37.3 Å². The lowest BCUT2D eigenvalue weighted by Gasteiger charge is -2.13. The summed E-state index contributed by atoms with van der Waals surface area (Å²) in [5.41, 5.74) is 3.23. The average Bonchev–Trinajstić information content (AvgIpc) is 2.29. The number of pyridine rings is 1. The number of nitrogens with zero attached hydrogens (tertiary/aromatic N) is 2. The predicted molar refractivity (Wildman–Crippen MR) is 57.8 cm³/mol. The molecule has 1 N–H and O–H groups in total. The first-order valence-electron chi connectivity index (χ1n) is 4.56. The van der Waals surface area contributed by atoms with Crippen molar-refractivity contribution in [1.29, 1.82) is 0 Å². The van der Waals surface area contributed by atoms with Gasteiger partial charge in [0.2, 0.25) is 0 Å². The number of benzene rings is 1. The zero-order chi connectivity index (χ0) is 9.38. The number of rotatable bonds is 0. The molecule has 3 heteroatoms. The second-order valence-corrected chi connectivity index (χ2v) is 3.25. The van der Waals surface area contributed by atoms with Crippen molar-refractivity contribution in [2.45, 2.75) is 0 Å². The highest BCUT2D eigenvalue weighted by Gasteiger charge is 2.08. The summed E-state index contributed by atoms with van der Waals surface area (Å²) >= 11 is 0. The van der Waals surface area contributed by atoms with Gasteiger partial charge in [0.1, 0.15) is 6.67 Å². The number of hydrogen-bond acceptors (Lipinski definition) is 3. The van der Waals surface area contributed by atoms with Crippen molar-refractivity contribution in [1.82, 2.24) is 4.98 Å². The third kappa shape index (κ3) is 0.988. The highest BCUT2D eigenvalue weighted by atomic mass is 15.0. The molecule has 0 fully saturated rings. The van der Waals surface area contributed by atoms with Crippen LogP contribution in [0, 0.1) is 0 Å². The van der Waals surface area contributed by atoms with Gasteiger partial charge in [-0.15, -0.1) is 0 Å². The molecule has 0 bridgehead atoms. The highest BCUT2D eigenvalue weighted by Crippen LogP contribution is 2.25. The molecule has 1 aromatic carbocycles. The van der Waals surface area contributed by atoms with E-state index in [1.54, 1.807) is 0 Å². The van der Waals surface area contributed by atoms with Crippen molar-refractivity contribution in [2.24, 2.45) is 4.99 Å². The smallest absolute Gasteiger partial charge is 0.107 e. The van der Waals surface area contributed by atoms with Crippen molar-refractivity contribution in [3.63, 3.8) is 0 Å². The Labute approximate surface area is 81.5 Å². The first kappa shape index (κ1) is 7.50. The van der Waals surface area contributed by atoms with Crippen LogP contribution in [0.3, 0.4) is 0 Å². The maximum absolute atomic E-state index is 4.37. The van der Waals surface area contributed by atoms with Crippen molar-refractivity contribution in [3.8, 4) is 0 Å². The maximum Gasteiger partial charge on any atom is 0.107 e. The first-order chi connectivity index (χ1) is 6.95. The van der Waals surface area contributed by atoms with E-state index in [2.05, 4.69) is 33.5 Å². The van der Waals surface area contributed by atoms with Crippen molar-refractivity contribution >= 4 is 22.8 Å². The van der Waals surface area contributed by atoms with Crippen LogP contribution in [0.5, 0.6) is 0 Å². The van der Waals surface area contributed by atoms with E-state index in [-0.39, 0.29) is 0 Å². The largest absolute Gasteiger partial charge is 0.364 e. The van der Waals surface area contributed by atoms with Crippen LogP contribution in [0.2, 0.25) is 0 Å². The van der Waals surface area contributed by atoms with Gasteiger partial charge in [0.15, 0.2) is 0 Å². The Morgan fingerprint density at radius 2 is 2.21 bits per heavy atom. The summed E-state index contributed by atoms with van der Waals surface area (Å²) in [5, 5.41) is 4.41. The molecule has 0 aliphatic carbocycles. The maximum atomic E-state index is 4.37. The van der Waals surface area contributed by atoms with Crippen LogP contribution in [-0.2, 0) is 0 Å².